The van der Waals surface area contributed by atoms with Gasteiger partial charge in [-0.05, 0) is 25.8 Å². The standard InChI is InChI=1S/C18H25FN2O2/c1-12(20-17(23)18(2,3)4)16(22)21(14-9-10-14)11-13-7-5-6-8-15(13)19/h5-8,12,14H,9-11H2,1-4H3,(H,20,23). The molecule has 1 atom stereocenters. The summed E-state index contributed by atoms with van der Waals surface area (Å²) in [7, 11) is 0. The Balaban J connectivity index is 2.07. The number of halogens is 1. The van der Waals surface area contributed by atoms with Crippen molar-refractivity contribution in [3.63, 3.8) is 0 Å². The Morgan fingerprint density at radius 3 is 2.43 bits per heavy atom. The van der Waals surface area contributed by atoms with Crippen LogP contribution in [0, 0.1) is 11.2 Å². The second kappa shape index (κ2) is 6.69. The Morgan fingerprint density at radius 1 is 1.30 bits per heavy atom. The zero-order chi connectivity index (χ0) is 17.2. The fourth-order valence-corrected chi connectivity index (χ4v) is 2.31. The van der Waals surface area contributed by atoms with E-state index in [1.807, 2.05) is 0 Å². The Morgan fingerprint density at radius 2 is 1.91 bits per heavy atom. The number of nitrogens with one attached hydrogen (secondary N) is 1. The molecule has 23 heavy (non-hydrogen) atoms. The van der Waals surface area contributed by atoms with Crippen molar-refractivity contribution in [2.24, 2.45) is 5.41 Å². The van der Waals surface area contributed by atoms with Crippen LogP contribution in [-0.2, 0) is 16.1 Å². The summed E-state index contributed by atoms with van der Waals surface area (Å²) in [6, 6.07) is 6.02. The molecule has 0 aliphatic heterocycles. The summed E-state index contributed by atoms with van der Waals surface area (Å²) in [6.45, 7) is 7.33. The van der Waals surface area contributed by atoms with E-state index in [-0.39, 0.29) is 30.2 Å². The van der Waals surface area contributed by atoms with Crippen LogP contribution in [0.2, 0.25) is 0 Å². The van der Waals surface area contributed by atoms with Gasteiger partial charge in [-0.1, -0.05) is 39.0 Å². The van der Waals surface area contributed by atoms with Crippen LogP contribution < -0.4 is 5.32 Å². The van der Waals surface area contributed by atoms with Crippen molar-refractivity contribution in [2.75, 3.05) is 0 Å². The van der Waals surface area contributed by atoms with Crippen LogP contribution in [0.25, 0.3) is 0 Å². The number of nitrogens with zero attached hydrogens (tertiary/aromatic N) is 1. The Labute approximate surface area is 137 Å². The second-order valence-corrected chi connectivity index (χ2v) is 7.23. The zero-order valence-corrected chi connectivity index (χ0v) is 14.2. The van der Waals surface area contributed by atoms with Gasteiger partial charge in [-0.2, -0.15) is 0 Å². The molecule has 1 aliphatic carbocycles. The van der Waals surface area contributed by atoms with Crippen LogP contribution in [0.3, 0.4) is 0 Å². The van der Waals surface area contributed by atoms with E-state index < -0.39 is 11.5 Å². The summed E-state index contributed by atoms with van der Waals surface area (Å²) in [4.78, 5) is 26.4. The first-order valence-electron chi connectivity index (χ1n) is 8.05. The minimum absolute atomic E-state index is 0.149. The summed E-state index contributed by atoms with van der Waals surface area (Å²) in [5, 5.41) is 2.76. The van der Waals surface area contributed by atoms with Crippen molar-refractivity contribution >= 4 is 11.8 Å². The topological polar surface area (TPSA) is 49.4 Å². The van der Waals surface area contributed by atoms with Crippen molar-refractivity contribution in [3.05, 3.63) is 35.6 Å². The average molecular weight is 320 g/mol. The highest BCUT2D eigenvalue weighted by Crippen LogP contribution is 2.29. The molecule has 1 aliphatic rings. The van der Waals surface area contributed by atoms with Crippen LogP contribution >= 0.6 is 0 Å². The summed E-state index contributed by atoms with van der Waals surface area (Å²) < 4.78 is 13.9. The summed E-state index contributed by atoms with van der Waals surface area (Å²) in [5.41, 5.74) is -0.0492. The molecule has 126 valence electrons. The number of hydrogen-bond acceptors (Lipinski definition) is 2. The summed E-state index contributed by atoms with van der Waals surface area (Å²) in [6.07, 6.45) is 1.86. The van der Waals surface area contributed by atoms with Crippen molar-refractivity contribution < 1.29 is 14.0 Å². The Kier molecular flexibility index (Phi) is 5.07. The van der Waals surface area contributed by atoms with Crippen LogP contribution in [-0.4, -0.2) is 28.8 Å². The third kappa shape index (κ3) is 4.53. The highest BCUT2D eigenvalue weighted by molar-refractivity contribution is 5.89. The fourth-order valence-electron chi connectivity index (χ4n) is 2.31. The maximum Gasteiger partial charge on any atom is 0.245 e. The minimum atomic E-state index is -0.617. The molecule has 1 fully saturated rings. The highest BCUT2D eigenvalue weighted by atomic mass is 19.1. The lowest BCUT2D eigenvalue weighted by atomic mass is 9.95. The summed E-state index contributed by atoms with van der Waals surface area (Å²) >= 11 is 0. The van der Waals surface area contributed by atoms with E-state index in [9.17, 15) is 14.0 Å². The Bertz CT molecular complexity index is 591. The molecular weight excluding hydrogens is 295 g/mol. The molecule has 1 N–H and O–H groups in total. The van der Waals surface area contributed by atoms with Gasteiger partial charge in [0.2, 0.25) is 11.8 Å². The maximum absolute atomic E-state index is 13.9. The zero-order valence-electron chi connectivity index (χ0n) is 14.2. The van der Waals surface area contributed by atoms with Gasteiger partial charge in [0, 0.05) is 23.6 Å². The number of carbonyl (C=O) groups excluding carboxylic acids is 2. The normalized spacial score (nSPS) is 15.9. The van der Waals surface area contributed by atoms with Crippen molar-refractivity contribution in [1.29, 1.82) is 0 Å². The molecule has 4 nitrogen and oxygen atoms in total. The van der Waals surface area contributed by atoms with Gasteiger partial charge in [0.25, 0.3) is 0 Å². The van der Waals surface area contributed by atoms with Crippen LogP contribution in [0.1, 0.15) is 46.1 Å². The monoisotopic (exact) mass is 320 g/mol. The molecule has 1 saturated carbocycles. The molecule has 1 aromatic rings. The summed E-state index contributed by atoms with van der Waals surface area (Å²) in [5.74, 6) is -0.634. The van der Waals surface area contributed by atoms with Crippen LogP contribution in [0.15, 0.2) is 24.3 Å². The van der Waals surface area contributed by atoms with E-state index in [0.29, 0.717) is 5.56 Å². The van der Waals surface area contributed by atoms with E-state index in [2.05, 4.69) is 5.32 Å². The quantitative estimate of drug-likeness (QED) is 0.907. The molecule has 0 radical (unpaired) electrons. The lowest BCUT2D eigenvalue weighted by molar-refractivity contribution is -0.139. The van der Waals surface area contributed by atoms with Crippen molar-refractivity contribution in [1.82, 2.24) is 10.2 Å². The van der Waals surface area contributed by atoms with Gasteiger partial charge < -0.3 is 10.2 Å². The molecule has 1 aromatic carbocycles. The molecule has 0 aromatic heterocycles. The molecule has 2 rings (SSSR count). The van der Waals surface area contributed by atoms with E-state index in [0.717, 1.165) is 12.8 Å². The van der Waals surface area contributed by atoms with Crippen LogP contribution in [0.5, 0.6) is 0 Å². The smallest absolute Gasteiger partial charge is 0.245 e. The van der Waals surface area contributed by atoms with Gasteiger partial charge in [-0.3, -0.25) is 9.59 Å². The maximum atomic E-state index is 13.9. The first-order chi connectivity index (χ1) is 10.7. The van der Waals surface area contributed by atoms with Crippen molar-refractivity contribution in [3.8, 4) is 0 Å². The van der Waals surface area contributed by atoms with Gasteiger partial charge in [-0.15, -0.1) is 0 Å². The third-order valence-electron chi connectivity index (χ3n) is 3.97. The lowest BCUT2D eigenvalue weighted by Crippen LogP contribution is -2.50. The minimum Gasteiger partial charge on any atom is -0.344 e. The molecular formula is C18H25FN2O2. The Hall–Kier alpha value is -1.91. The largest absolute Gasteiger partial charge is 0.344 e. The fraction of sp³-hybridized carbons (Fsp3) is 0.556. The SMILES string of the molecule is CC(NC(=O)C(C)(C)C)C(=O)N(Cc1ccccc1F)C1CC1. The van der Waals surface area contributed by atoms with E-state index in [4.69, 9.17) is 0 Å². The molecule has 0 bridgehead atoms. The number of benzene rings is 1. The van der Waals surface area contributed by atoms with Gasteiger partial charge in [0.15, 0.2) is 0 Å². The van der Waals surface area contributed by atoms with Crippen LogP contribution in [0.4, 0.5) is 4.39 Å². The van der Waals surface area contributed by atoms with Gasteiger partial charge in [0.1, 0.15) is 11.9 Å². The average Bonchev–Trinajstić information content (AvgIpc) is 3.29. The van der Waals surface area contributed by atoms with Gasteiger partial charge in [-0.25, -0.2) is 4.39 Å². The third-order valence-corrected chi connectivity index (χ3v) is 3.97. The molecule has 0 spiro atoms. The molecule has 2 amide bonds. The van der Waals surface area contributed by atoms with E-state index >= 15 is 0 Å². The molecule has 5 heteroatoms. The predicted molar refractivity (Wildman–Crippen MR) is 87.0 cm³/mol. The molecule has 1 unspecified atom stereocenters. The molecule has 0 saturated heterocycles. The van der Waals surface area contributed by atoms with E-state index in [1.54, 1.807) is 50.8 Å². The van der Waals surface area contributed by atoms with Gasteiger partial charge in [0.05, 0.1) is 0 Å². The number of hydrogen-bond donors (Lipinski definition) is 1. The first kappa shape index (κ1) is 17.4. The number of amides is 2. The predicted octanol–water partition coefficient (Wildman–Crippen LogP) is 2.87. The lowest BCUT2D eigenvalue weighted by Gasteiger charge is -2.28. The highest BCUT2D eigenvalue weighted by Gasteiger charge is 2.36. The number of rotatable bonds is 5. The number of carbonyl (C=O) groups is 2. The van der Waals surface area contributed by atoms with Gasteiger partial charge >= 0.3 is 0 Å². The second-order valence-electron chi connectivity index (χ2n) is 7.23. The van der Waals surface area contributed by atoms with E-state index in [1.165, 1.54) is 6.07 Å². The first-order valence-corrected chi connectivity index (χ1v) is 8.05. The molecule has 0 heterocycles. The van der Waals surface area contributed by atoms with Crippen molar-refractivity contribution in [2.45, 2.75) is 59.2 Å².